The Bertz CT molecular complexity index is 2440. The lowest BCUT2D eigenvalue weighted by atomic mass is 10.3. The number of hydrogen-bond acceptors (Lipinski definition) is 2. The number of fused-ring (bicyclic) bond motifs is 8. The fraction of sp³-hybridized carbons (Fsp3) is 0.214. The lowest BCUT2D eigenvalue weighted by molar-refractivity contribution is 0.486. The molecule has 5 heterocycles. The van der Waals surface area contributed by atoms with Crippen LogP contribution >= 0.6 is 0 Å². The van der Waals surface area contributed by atoms with Crippen molar-refractivity contribution in [3.8, 4) is 0 Å². The molecule has 0 spiro atoms. The molecular weight excluding hydrogens is 785 g/mol. The predicted molar refractivity (Wildman–Crippen MR) is 283 cm³/mol. The van der Waals surface area contributed by atoms with Crippen molar-refractivity contribution in [2.75, 3.05) is 84.6 Å². The van der Waals surface area contributed by atoms with Crippen LogP contribution in [0.1, 0.15) is 22.8 Å². The average molecular weight is 855 g/mol. The summed E-state index contributed by atoms with van der Waals surface area (Å²) < 4.78 is 3.56. The summed E-state index contributed by atoms with van der Waals surface area (Å²) >= 11 is 0. The van der Waals surface area contributed by atoms with Crippen molar-refractivity contribution < 1.29 is 0 Å². The number of quaternary nitrogens is 4. The minimum absolute atomic E-state index is 0.890. The Morgan fingerprint density at radius 3 is 0.703 bits per heavy atom. The molecule has 3 aromatic heterocycles. The maximum atomic E-state index is 4.62. The van der Waals surface area contributed by atoms with Crippen LogP contribution in [0.15, 0.2) is 170 Å². The second-order valence-corrected chi connectivity index (χ2v) is 19.3. The van der Waals surface area contributed by atoms with Gasteiger partial charge in [-0.2, -0.15) is 0 Å². The summed E-state index contributed by atoms with van der Waals surface area (Å²) in [6.07, 6.45) is 8.05. The molecule has 7 aromatic rings. The smallest absolute Gasteiger partial charge is 0.132 e. The van der Waals surface area contributed by atoms with Gasteiger partial charge in [0.1, 0.15) is 22.7 Å². The molecule has 0 unspecified atom stereocenters. The van der Waals surface area contributed by atoms with E-state index in [2.05, 4.69) is 232 Å². The summed E-state index contributed by atoms with van der Waals surface area (Å²) in [6, 6.07) is 58.2. The predicted octanol–water partition coefficient (Wildman–Crippen LogP) is 12.2. The van der Waals surface area contributed by atoms with Gasteiger partial charge in [0, 0.05) is 22.1 Å². The van der Waals surface area contributed by atoms with Crippen molar-refractivity contribution in [2.45, 2.75) is 0 Å². The first kappa shape index (κ1) is 48.4. The quantitative estimate of drug-likeness (QED) is 0.173. The topological polar surface area (TPSA) is 57.4 Å². The summed E-state index contributed by atoms with van der Waals surface area (Å²) in [7, 11) is 25.9. The van der Waals surface area contributed by atoms with Gasteiger partial charge in [-0.15, -0.1) is 0 Å². The van der Waals surface area contributed by atoms with Crippen molar-refractivity contribution in [1.29, 1.82) is 0 Å². The Kier molecular flexibility index (Phi) is 16.3. The number of H-pyrrole nitrogens is 2. The third-order valence-corrected chi connectivity index (χ3v) is 10.2. The van der Waals surface area contributed by atoms with E-state index in [4.69, 9.17) is 0 Å². The molecule has 0 saturated carbocycles. The van der Waals surface area contributed by atoms with Crippen molar-refractivity contribution >= 4 is 69.1 Å². The number of nitrogens with zero attached hydrogens (tertiary/aromatic N) is 6. The highest BCUT2D eigenvalue weighted by Crippen LogP contribution is 2.19. The highest BCUT2D eigenvalue weighted by atomic mass is 15.3. The van der Waals surface area contributed by atoms with Crippen LogP contribution in [0.5, 0.6) is 0 Å². The molecule has 64 heavy (non-hydrogen) atoms. The van der Waals surface area contributed by atoms with Crippen molar-refractivity contribution in [1.82, 2.24) is 37.9 Å². The van der Waals surface area contributed by atoms with Gasteiger partial charge < -0.3 is 9.97 Å². The van der Waals surface area contributed by atoms with E-state index in [-0.39, 0.29) is 0 Å². The number of benzene rings is 4. The largest absolute Gasteiger partial charge is 0.355 e. The van der Waals surface area contributed by atoms with Crippen LogP contribution in [-0.4, -0.2) is 105 Å². The lowest BCUT2D eigenvalue weighted by Gasteiger charge is -2.22. The molecular formula is C56H70N8+4. The fourth-order valence-corrected chi connectivity index (χ4v) is 6.44. The molecule has 330 valence electrons. The third-order valence-electron chi connectivity index (χ3n) is 10.2. The van der Waals surface area contributed by atoms with E-state index in [0.29, 0.717) is 0 Å². The molecule has 8 bridgehead atoms. The minimum Gasteiger partial charge on any atom is -0.355 e. The summed E-state index contributed by atoms with van der Waals surface area (Å²) in [5.74, 6) is 0. The van der Waals surface area contributed by atoms with Gasteiger partial charge in [-0.1, -0.05) is 72.8 Å². The van der Waals surface area contributed by atoms with Gasteiger partial charge in [-0.3, -0.25) is 17.9 Å². The molecule has 4 aromatic carbocycles. The number of aromatic nitrogens is 4. The Morgan fingerprint density at radius 2 is 0.484 bits per heavy atom. The lowest BCUT2D eigenvalue weighted by Crippen LogP contribution is -2.34. The van der Waals surface area contributed by atoms with E-state index in [1.165, 1.54) is 22.7 Å². The van der Waals surface area contributed by atoms with E-state index in [0.717, 1.165) is 62.8 Å². The van der Waals surface area contributed by atoms with E-state index in [9.17, 15) is 0 Å². The number of para-hydroxylation sites is 4. The standard InChI is InChI=1S/C20H14N4.4C9H14N/c1-2-14-10-16-5-6-18(23-16)12-20-8-7-19(24-20)11-17-4-3-15(22-17)9-13(1)21-14;4*1-10(2,3)9-7-5-4-6-8-9/h1-12,21-22H;4*4-8H,1-3H3/q;4*+1. The van der Waals surface area contributed by atoms with Crippen molar-refractivity contribution in [2.24, 2.45) is 0 Å². The van der Waals surface area contributed by atoms with Gasteiger partial charge in [-0.05, 0) is 121 Å². The van der Waals surface area contributed by atoms with Gasteiger partial charge in [0.25, 0.3) is 0 Å². The van der Waals surface area contributed by atoms with Gasteiger partial charge in [0.15, 0.2) is 0 Å². The number of hydrogen-bond donors (Lipinski definition) is 2. The van der Waals surface area contributed by atoms with E-state index >= 15 is 0 Å². The van der Waals surface area contributed by atoms with Gasteiger partial charge in [0.05, 0.1) is 107 Å². The maximum absolute atomic E-state index is 4.62. The molecule has 0 aliphatic carbocycles. The molecule has 0 atom stereocenters. The molecule has 9 rings (SSSR count). The highest BCUT2D eigenvalue weighted by molar-refractivity contribution is 5.77. The Hall–Kier alpha value is -6.68. The Morgan fingerprint density at radius 1 is 0.266 bits per heavy atom. The molecule has 2 aliphatic rings. The zero-order valence-corrected chi connectivity index (χ0v) is 40.2. The molecule has 2 N–H and O–H groups in total. The minimum atomic E-state index is 0.890. The van der Waals surface area contributed by atoms with Crippen LogP contribution in [0.25, 0.3) is 46.4 Å². The maximum Gasteiger partial charge on any atom is 0.132 e. The number of aromatic amines is 2. The van der Waals surface area contributed by atoms with Gasteiger partial charge in [0.2, 0.25) is 0 Å². The van der Waals surface area contributed by atoms with Crippen LogP contribution in [0.3, 0.4) is 0 Å². The summed E-state index contributed by atoms with van der Waals surface area (Å²) in [5.41, 5.74) is 13.2. The zero-order chi connectivity index (χ0) is 46.4. The fourth-order valence-electron chi connectivity index (χ4n) is 6.44. The summed E-state index contributed by atoms with van der Waals surface area (Å²) in [6.45, 7) is 0. The zero-order valence-electron chi connectivity index (χ0n) is 40.2. The third kappa shape index (κ3) is 15.9. The molecule has 8 nitrogen and oxygen atoms in total. The SMILES string of the molecule is C1=Cc2cc3ccc(cc4ccc(cc5nc(cc1n2)C=C5)[nH]4)[nH]3.C[N+](C)(C)c1ccccc1.C[N+](C)(C)c1ccccc1.C[N+](C)(C)c1ccccc1.C[N+](C)(C)c1ccccc1. The highest BCUT2D eigenvalue weighted by Gasteiger charge is 2.11. The molecule has 8 heteroatoms. The van der Waals surface area contributed by atoms with E-state index in [1.807, 2.05) is 66.8 Å². The molecule has 0 radical (unpaired) electrons. The second kappa shape index (κ2) is 21.6. The average Bonchev–Trinajstić information content (AvgIpc) is 4.10. The first-order valence-corrected chi connectivity index (χ1v) is 21.8. The van der Waals surface area contributed by atoms with Gasteiger partial charge in [-0.25, -0.2) is 9.97 Å². The molecule has 2 aliphatic heterocycles. The van der Waals surface area contributed by atoms with E-state index < -0.39 is 0 Å². The molecule has 0 amide bonds. The second-order valence-electron chi connectivity index (χ2n) is 19.3. The Labute approximate surface area is 382 Å². The van der Waals surface area contributed by atoms with Crippen LogP contribution in [-0.2, 0) is 0 Å². The first-order chi connectivity index (χ1) is 30.2. The van der Waals surface area contributed by atoms with Gasteiger partial charge >= 0.3 is 0 Å². The van der Waals surface area contributed by atoms with Crippen LogP contribution in [0, 0.1) is 0 Å². The van der Waals surface area contributed by atoms with Crippen LogP contribution in [0.4, 0.5) is 22.7 Å². The van der Waals surface area contributed by atoms with Crippen LogP contribution in [0.2, 0.25) is 0 Å². The number of nitrogens with one attached hydrogen (secondary N) is 2. The molecule has 0 saturated heterocycles. The summed E-state index contributed by atoms with van der Waals surface area (Å²) in [4.78, 5) is 16.0. The van der Waals surface area contributed by atoms with Crippen molar-refractivity contribution in [3.05, 3.63) is 193 Å². The van der Waals surface area contributed by atoms with Crippen LogP contribution < -0.4 is 17.9 Å². The Balaban J connectivity index is 0.000000163. The monoisotopic (exact) mass is 855 g/mol. The van der Waals surface area contributed by atoms with E-state index in [1.54, 1.807) is 0 Å². The number of rotatable bonds is 4. The molecule has 0 fully saturated rings. The summed E-state index contributed by atoms with van der Waals surface area (Å²) in [5, 5.41) is 0. The first-order valence-electron chi connectivity index (χ1n) is 21.8. The normalized spacial score (nSPS) is 11.9. The van der Waals surface area contributed by atoms with Crippen molar-refractivity contribution in [3.63, 3.8) is 0 Å².